The molecule has 0 unspecified atom stereocenters. The third-order valence-electron chi connectivity index (χ3n) is 6.28. The van der Waals surface area contributed by atoms with Gasteiger partial charge in [0.15, 0.2) is 11.5 Å². The highest BCUT2D eigenvalue weighted by Gasteiger charge is 2.25. The Kier molecular flexibility index (Phi) is 5.31. The number of H-pyrrole nitrogens is 1. The van der Waals surface area contributed by atoms with Crippen LogP contribution < -0.4 is 4.74 Å². The summed E-state index contributed by atoms with van der Waals surface area (Å²) in [6, 6.07) is 12.4. The number of rotatable bonds is 6. The van der Waals surface area contributed by atoms with Crippen LogP contribution in [-0.4, -0.2) is 35.2 Å². The van der Waals surface area contributed by atoms with Gasteiger partial charge >= 0.3 is 0 Å². The topological polar surface area (TPSA) is 93.9 Å². The van der Waals surface area contributed by atoms with Gasteiger partial charge in [0.05, 0.1) is 17.5 Å². The van der Waals surface area contributed by atoms with E-state index in [0.717, 1.165) is 40.9 Å². The van der Waals surface area contributed by atoms with Crippen LogP contribution in [0.1, 0.15) is 48.6 Å². The lowest BCUT2D eigenvalue weighted by Crippen LogP contribution is -2.12. The molecule has 9 heteroatoms. The van der Waals surface area contributed by atoms with Gasteiger partial charge in [0, 0.05) is 22.6 Å². The number of thiophene rings is 1. The van der Waals surface area contributed by atoms with E-state index < -0.39 is 0 Å². The Morgan fingerprint density at radius 3 is 2.67 bits per heavy atom. The van der Waals surface area contributed by atoms with Gasteiger partial charge in [0.2, 0.25) is 0 Å². The standard InChI is InChI=1S/C24H23N7OS/c1-2-5-17(6-3-1)22-20(13-25-24-21(14-26-31(22)24)23-27-29-30-28-23)16-8-10-18(11-9-16)32-15-19-7-4-12-33-19/h4,7-14,17H,1-3,5-6,15H2,(H,27,28,29,30). The van der Waals surface area contributed by atoms with Crippen molar-refractivity contribution in [1.29, 1.82) is 0 Å². The van der Waals surface area contributed by atoms with E-state index in [-0.39, 0.29) is 0 Å². The summed E-state index contributed by atoms with van der Waals surface area (Å²) in [5, 5.41) is 21.1. The molecule has 1 N–H and O–H groups in total. The lowest BCUT2D eigenvalue weighted by Gasteiger charge is -2.25. The van der Waals surface area contributed by atoms with Gasteiger partial charge in [-0.1, -0.05) is 37.5 Å². The number of nitrogens with zero attached hydrogens (tertiary/aromatic N) is 6. The molecular formula is C24H23N7OS. The van der Waals surface area contributed by atoms with Gasteiger partial charge in [-0.05, 0) is 52.4 Å². The van der Waals surface area contributed by atoms with Crippen LogP contribution in [0.15, 0.2) is 54.2 Å². The van der Waals surface area contributed by atoms with Crippen molar-refractivity contribution in [2.45, 2.75) is 44.6 Å². The van der Waals surface area contributed by atoms with Crippen molar-refractivity contribution < 1.29 is 4.74 Å². The van der Waals surface area contributed by atoms with Gasteiger partial charge in [0.1, 0.15) is 12.4 Å². The minimum Gasteiger partial charge on any atom is -0.488 e. The van der Waals surface area contributed by atoms with Crippen molar-refractivity contribution in [2.75, 3.05) is 0 Å². The molecule has 1 saturated carbocycles. The molecule has 166 valence electrons. The summed E-state index contributed by atoms with van der Waals surface area (Å²) < 4.78 is 7.95. The minimum absolute atomic E-state index is 0.439. The zero-order valence-electron chi connectivity index (χ0n) is 18.0. The predicted octanol–water partition coefficient (Wildman–Crippen LogP) is 5.26. The van der Waals surface area contributed by atoms with Gasteiger partial charge in [-0.15, -0.1) is 16.4 Å². The Morgan fingerprint density at radius 1 is 1.03 bits per heavy atom. The van der Waals surface area contributed by atoms with E-state index in [4.69, 9.17) is 14.8 Å². The van der Waals surface area contributed by atoms with E-state index >= 15 is 0 Å². The third kappa shape index (κ3) is 3.89. The molecule has 4 heterocycles. The molecule has 5 aromatic rings. The average molecular weight is 458 g/mol. The van der Waals surface area contributed by atoms with Gasteiger partial charge in [-0.3, -0.25) is 0 Å². The highest BCUT2D eigenvalue weighted by molar-refractivity contribution is 7.09. The van der Waals surface area contributed by atoms with E-state index in [0.29, 0.717) is 18.3 Å². The first-order chi connectivity index (χ1) is 16.4. The first kappa shape index (κ1) is 20.0. The zero-order chi connectivity index (χ0) is 22.0. The molecule has 6 rings (SSSR count). The number of benzene rings is 1. The molecular weight excluding hydrogens is 434 g/mol. The lowest BCUT2D eigenvalue weighted by molar-refractivity contribution is 0.310. The number of hydrogen-bond acceptors (Lipinski definition) is 7. The number of hydrogen-bond donors (Lipinski definition) is 1. The Labute approximate surface area is 194 Å². The summed E-state index contributed by atoms with van der Waals surface area (Å²) in [6.45, 7) is 0.588. The van der Waals surface area contributed by atoms with Crippen LogP contribution >= 0.6 is 11.3 Å². The molecule has 0 bridgehead atoms. The summed E-state index contributed by atoms with van der Waals surface area (Å²) in [5.41, 5.74) is 5.02. The molecule has 33 heavy (non-hydrogen) atoms. The van der Waals surface area contributed by atoms with Gasteiger partial charge < -0.3 is 4.74 Å². The Morgan fingerprint density at radius 2 is 1.91 bits per heavy atom. The van der Waals surface area contributed by atoms with E-state index in [1.165, 1.54) is 29.8 Å². The first-order valence-electron chi connectivity index (χ1n) is 11.2. The minimum atomic E-state index is 0.439. The fourth-order valence-electron chi connectivity index (χ4n) is 4.66. The maximum atomic E-state index is 5.96. The number of nitrogens with one attached hydrogen (secondary N) is 1. The van der Waals surface area contributed by atoms with E-state index in [1.807, 2.05) is 28.9 Å². The van der Waals surface area contributed by atoms with Crippen LogP contribution in [0, 0.1) is 0 Å². The highest BCUT2D eigenvalue weighted by atomic mass is 32.1. The number of fused-ring (bicyclic) bond motifs is 1. The van der Waals surface area contributed by atoms with Crippen molar-refractivity contribution >= 4 is 17.0 Å². The molecule has 1 fully saturated rings. The predicted molar refractivity (Wildman–Crippen MR) is 126 cm³/mol. The number of tetrazole rings is 1. The number of aromatic nitrogens is 7. The monoisotopic (exact) mass is 457 g/mol. The largest absolute Gasteiger partial charge is 0.488 e. The normalized spacial score (nSPS) is 14.7. The molecule has 0 radical (unpaired) electrons. The maximum absolute atomic E-state index is 5.96. The van der Waals surface area contributed by atoms with Crippen LogP contribution in [0.2, 0.25) is 0 Å². The fraction of sp³-hybridized carbons (Fsp3) is 0.292. The quantitative estimate of drug-likeness (QED) is 0.374. The summed E-state index contributed by atoms with van der Waals surface area (Å²) in [7, 11) is 0. The van der Waals surface area contributed by atoms with Crippen LogP contribution in [0.5, 0.6) is 5.75 Å². The summed E-state index contributed by atoms with van der Waals surface area (Å²) in [4.78, 5) is 5.99. The molecule has 4 aromatic heterocycles. The zero-order valence-corrected chi connectivity index (χ0v) is 18.8. The first-order valence-corrected chi connectivity index (χ1v) is 12.1. The van der Waals surface area contributed by atoms with Crippen LogP contribution in [0.3, 0.4) is 0 Å². The number of ether oxygens (including phenoxy) is 1. The second-order valence-electron chi connectivity index (χ2n) is 8.33. The Balaban J connectivity index is 1.38. The Hall–Kier alpha value is -3.59. The maximum Gasteiger partial charge on any atom is 0.184 e. The molecule has 0 amide bonds. The van der Waals surface area contributed by atoms with Gasteiger partial charge in [0.25, 0.3) is 0 Å². The molecule has 0 aliphatic heterocycles. The Bertz CT molecular complexity index is 1340. The van der Waals surface area contributed by atoms with Crippen molar-refractivity contribution in [2.24, 2.45) is 0 Å². The number of aromatic amines is 1. The van der Waals surface area contributed by atoms with Crippen molar-refractivity contribution in [1.82, 2.24) is 35.2 Å². The summed E-state index contributed by atoms with van der Waals surface area (Å²) in [5.74, 6) is 1.88. The third-order valence-corrected chi connectivity index (χ3v) is 7.13. The van der Waals surface area contributed by atoms with Gasteiger partial charge in [-0.2, -0.15) is 5.10 Å². The van der Waals surface area contributed by atoms with E-state index in [9.17, 15) is 0 Å². The van der Waals surface area contributed by atoms with Gasteiger partial charge in [-0.25, -0.2) is 14.6 Å². The van der Waals surface area contributed by atoms with Crippen LogP contribution in [0.25, 0.3) is 28.2 Å². The second-order valence-corrected chi connectivity index (χ2v) is 9.36. The second kappa shape index (κ2) is 8.74. The summed E-state index contributed by atoms with van der Waals surface area (Å²) >= 11 is 1.70. The van der Waals surface area contributed by atoms with Crippen LogP contribution in [-0.2, 0) is 6.61 Å². The highest BCUT2D eigenvalue weighted by Crippen LogP contribution is 2.39. The van der Waals surface area contributed by atoms with Crippen molar-refractivity contribution in [3.8, 4) is 28.3 Å². The molecule has 1 aliphatic rings. The molecule has 1 aliphatic carbocycles. The molecule has 8 nitrogen and oxygen atoms in total. The average Bonchev–Trinajstić information content (AvgIpc) is 3.65. The smallest absolute Gasteiger partial charge is 0.184 e. The molecule has 1 aromatic carbocycles. The fourth-order valence-corrected chi connectivity index (χ4v) is 5.28. The van der Waals surface area contributed by atoms with Crippen molar-refractivity contribution in [3.05, 3.63) is 64.7 Å². The molecule has 0 saturated heterocycles. The molecule has 0 atom stereocenters. The molecule has 0 spiro atoms. The lowest BCUT2D eigenvalue weighted by atomic mass is 9.84. The van der Waals surface area contributed by atoms with Crippen LogP contribution in [0.4, 0.5) is 0 Å². The van der Waals surface area contributed by atoms with E-state index in [1.54, 1.807) is 17.5 Å². The SMILES string of the molecule is c1csc(COc2ccc(-c3cnc4c(-c5nnn[nH]5)cnn4c3C3CCCCC3)cc2)c1. The van der Waals surface area contributed by atoms with E-state index in [2.05, 4.69) is 44.2 Å². The summed E-state index contributed by atoms with van der Waals surface area (Å²) in [6.07, 6.45) is 9.86. The van der Waals surface area contributed by atoms with Crippen molar-refractivity contribution in [3.63, 3.8) is 0 Å².